The summed E-state index contributed by atoms with van der Waals surface area (Å²) < 4.78 is 56.2. The molecule has 1 heterocycles. The summed E-state index contributed by atoms with van der Waals surface area (Å²) in [6.07, 6.45) is -1.65. The number of sulfonamides is 1. The van der Waals surface area contributed by atoms with E-state index in [2.05, 4.69) is 9.71 Å². The van der Waals surface area contributed by atoms with Gasteiger partial charge >= 0.3 is 0 Å². The average Bonchev–Trinajstić information content (AvgIpc) is 2.75. The first kappa shape index (κ1) is 17.3. The van der Waals surface area contributed by atoms with E-state index in [1.54, 1.807) is 20.8 Å². The summed E-state index contributed by atoms with van der Waals surface area (Å²) in [6, 6.07) is 0. The number of thiazole rings is 1. The van der Waals surface area contributed by atoms with E-state index in [-0.39, 0.29) is 22.4 Å². The molecular weight excluding hydrogens is 310 g/mol. The van der Waals surface area contributed by atoms with E-state index in [1.807, 2.05) is 0 Å². The summed E-state index contributed by atoms with van der Waals surface area (Å²) in [5.74, 6) is 0. The monoisotopic (exact) mass is 328 g/mol. The maximum absolute atomic E-state index is 12.4. The van der Waals surface area contributed by atoms with Gasteiger partial charge in [0.15, 0.2) is 4.21 Å². The second-order valence-corrected chi connectivity index (χ2v) is 7.95. The molecule has 0 aliphatic carbocycles. The molecular formula is C11H18F2N2O3S2. The fourth-order valence-electron chi connectivity index (χ4n) is 1.41. The van der Waals surface area contributed by atoms with Crippen molar-refractivity contribution in [2.45, 2.75) is 37.8 Å². The van der Waals surface area contributed by atoms with Crippen molar-refractivity contribution in [2.24, 2.45) is 5.41 Å². The predicted molar refractivity (Wildman–Crippen MR) is 72.9 cm³/mol. The number of rotatable bonds is 8. The van der Waals surface area contributed by atoms with Gasteiger partial charge in [0, 0.05) is 13.0 Å². The number of ether oxygens (including phenoxy) is 1. The number of nitrogens with one attached hydrogen (secondary N) is 1. The van der Waals surface area contributed by atoms with Crippen molar-refractivity contribution in [3.63, 3.8) is 0 Å². The average molecular weight is 328 g/mol. The van der Waals surface area contributed by atoms with Gasteiger partial charge in [-0.1, -0.05) is 25.2 Å². The number of alkyl halides is 2. The zero-order chi connectivity index (χ0) is 15.4. The van der Waals surface area contributed by atoms with Crippen molar-refractivity contribution >= 4 is 21.4 Å². The SMILES string of the molecule is CCOc1ncc(S(=O)(=O)NCC(C)(C)CC(F)F)s1. The molecule has 1 aromatic rings. The first-order valence-corrected chi connectivity index (χ1v) is 8.33. The van der Waals surface area contributed by atoms with Crippen LogP contribution in [0.2, 0.25) is 0 Å². The highest BCUT2D eigenvalue weighted by atomic mass is 32.2. The van der Waals surface area contributed by atoms with Gasteiger partial charge in [0.25, 0.3) is 15.2 Å². The molecule has 0 amide bonds. The third-order valence-corrected chi connectivity index (χ3v) is 5.22. The number of halogens is 2. The minimum Gasteiger partial charge on any atom is -0.470 e. The van der Waals surface area contributed by atoms with Crippen LogP contribution in [-0.2, 0) is 10.0 Å². The molecule has 0 saturated carbocycles. The van der Waals surface area contributed by atoms with Gasteiger partial charge in [-0.3, -0.25) is 0 Å². The Morgan fingerprint density at radius 3 is 2.70 bits per heavy atom. The molecule has 0 spiro atoms. The van der Waals surface area contributed by atoms with Crippen LogP contribution in [0.15, 0.2) is 10.4 Å². The standard InChI is InChI=1S/C11H18F2N2O3S2/c1-4-18-10-14-6-9(19-10)20(16,17)15-7-11(2,3)5-8(12)13/h6,8,15H,4-5,7H2,1-3H3. The molecule has 20 heavy (non-hydrogen) atoms. The Bertz CT molecular complexity index is 530. The molecule has 0 unspecified atom stereocenters. The number of hydrogen-bond donors (Lipinski definition) is 1. The molecule has 0 aliphatic heterocycles. The van der Waals surface area contributed by atoms with E-state index in [0.29, 0.717) is 6.61 Å². The highest BCUT2D eigenvalue weighted by Gasteiger charge is 2.27. The highest BCUT2D eigenvalue weighted by Crippen LogP contribution is 2.27. The molecule has 0 aromatic carbocycles. The van der Waals surface area contributed by atoms with E-state index in [4.69, 9.17) is 4.74 Å². The third-order valence-electron chi connectivity index (χ3n) is 2.44. The van der Waals surface area contributed by atoms with Gasteiger partial charge in [0.05, 0.1) is 12.8 Å². The largest absolute Gasteiger partial charge is 0.470 e. The van der Waals surface area contributed by atoms with E-state index in [1.165, 1.54) is 6.20 Å². The minimum absolute atomic E-state index is 0.00815. The summed E-state index contributed by atoms with van der Waals surface area (Å²) in [7, 11) is -3.75. The van der Waals surface area contributed by atoms with Crippen molar-refractivity contribution in [2.75, 3.05) is 13.2 Å². The van der Waals surface area contributed by atoms with E-state index in [9.17, 15) is 17.2 Å². The molecule has 1 N–H and O–H groups in total. The predicted octanol–water partition coefficient (Wildman–Crippen LogP) is 2.50. The van der Waals surface area contributed by atoms with E-state index in [0.717, 1.165) is 11.3 Å². The van der Waals surface area contributed by atoms with Crippen LogP contribution in [-0.4, -0.2) is 33.0 Å². The van der Waals surface area contributed by atoms with Crippen molar-refractivity contribution in [3.05, 3.63) is 6.20 Å². The zero-order valence-electron chi connectivity index (χ0n) is 11.5. The second-order valence-electron chi connectivity index (χ2n) is 4.96. The van der Waals surface area contributed by atoms with E-state index >= 15 is 0 Å². The zero-order valence-corrected chi connectivity index (χ0v) is 13.2. The smallest absolute Gasteiger partial charge is 0.274 e. The first-order valence-electron chi connectivity index (χ1n) is 6.03. The topological polar surface area (TPSA) is 68.3 Å². The highest BCUT2D eigenvalue weighted by molar-refractivity contribution is 7.91. The number of hydrogen-bond acceptors (Lipinski definition) is 5. The summed E-state index contributed by atoms with van der Waals surface area (Å²) in [6.45, 7) is 5.25. The number of nitrogens with zero attached hydrogens (tertiary/aromatic N) is 1. The lowest BCUT2D eigenvalue weighted by Gasteiger charge is -2.24. The third kappa shape index (κ3) is 5.29. The lowest BCUT2D eigenvalue weighted by atomic mass is 9.90. The van der Waals surface area contributed by atoms with Crippen molar-refractivity contribution in [1.82, 2.24) is 9.71 Å². The van der Waals surface area contributed by atoms with Gasteiger partial charge in [0.1, 0.15) is 0 Å². The van der Waals surface area contributed by atoms with Gasteiger partial charge in [-0.25, -0.2) is 26.9 Å². The first-order chi connectivity index (χ1) is 9.16. The Morgan fingerprint density at radius 2 is 2.15 bits per heavy atom. The van der Waals surface area contributed by atoms with Crippen molar-refractivity contribution < 1.29 is 21.9 Å². The molecule has 1 aromatic heterocycles. The van der Waals surface area contributed by atoms with Crippen LogP contribution in [0, 0.1) is 5.41 Å². The van der Waals surface area contributed by atoms with Crippen LogP contribution in [0.1, 0.15) is 27.2 Å². The quantitative estimate of drug-likeness (QED) is 0.796. The van der Waals surface area contributed by atoms with Gasteiger partial charge in [0.2, 0.25) is 6.43 Å². The van der Waals surface area contributed by atoms with Crippen LogP contribution >= 0.6 is 11.3 Å². The second kappa shape index (κ2) is 6.77. The molecule has 0 radical (unpaired) electrons. The summed E-state index contributed by atoms with van der Waals surface area (Å²) in [5.41, 5.74) is -0.825. The summed E-state index contributed by atoms with van der Waals surface area (Å²) in [4.78, 5) is 3.82. The fraction of sp³-hybridized carbons (Fsp3) is 0.727. The Labute approximate surface area is 121 Å². The van der Waals surface area contributed by atoms with Gasteiger partial charge < -0.3 is 4.74 Å². The minimum atomic E-state index is -3.75. The molecule has 0 atom stereocenters. The van der Waals surface area contributed by atoms with Crippen molar-refractivity contribution in [3.8, 4) is 5.19 Å². The summed E-state index contributed by atoms with van der Waals surface area (Å²) in [5, 5.41) is 0.264. The molecule has 5 nitrogen and oxygen atoms in total. The van der Waals surface area contributed by atoms with Crippen LogP contribution < -0.4 is 9.46 Å². The Morgan fingerprint density at radius 1 is 1.50 bits per heavy atom. The maximum Gasteiger partial charge on any atom is 0.274 e. The lowest BCUT2D eigenvalue weighted by molar-refractivity contribution is 0.0890. The van der Waals surface area contributed by atoms with Gasteiger partial charge in [-0.2, -0.15) is 0 Å². The van der Waals surface area contributed by atoms with Gasteiger partial charge in [-0.05, 0) is 12.3 Å². The molecule has 0 aliphatic rings. The molecule has 116 valence electrons. The normalized spacial score (nSPS) is 12.9. The summed E-state index contributed by atoms with van der Waals surface area (Å²) >= 11 is 0.897. The fourth-order valence-corrected chi connectivity index (χ4v) is 3.71. The Kier molecular flexibility index (Phi) is 5.84. The van der Waals surface area contributed by atoms with Crippen LogP contribution in [0.4, 0.5) is 8.78 Å². The molecule has 9 heteroatoms. The van der Waals surface area contributed by atoms with Gasteiger partial charge in [-0.15, -0.1) is 0 Å². The van der Waals surface area contributed by atoms with E-state index < -0.39 is 21.9 Å². The molecule has 0 fully saturated rings. The molecule has 0 saturated heterocycles. The maximum atomic E-state index is 12.4. The Hall–Kier alpha value is -0.800. The van der Waals surface area contributed by atoms with Crippen LogP contribution in [0.5, 0.6) is 5.19 Å². The Balaban J connectivity index is 2.69. The molecule has 1 rings (SSSR count). The van der Waals surface area contributed by atoms with Crippen molar-refractivity contribution in [1.29, 1.82) is 0 Å². The lowest BCUT2D eigenvalue weighted by Crippen LogP contribution is -2.34. The van der Waals surface area contributed by atoms with Crippen LogP contribution in [0.3, 0.4) is 0 Å². The number of aromatic nitrogens is 1. The molecule has 0 bridgehead atoms. The van der Waals surface area contributed by atoms with Crippen LogP contribution in [0.25, 0.3) is 0 Å².